The molecule has 2 aliphatic rings. The van der Waals surface area contributed by atoms with Crippen molar-refractivity contribution in [2.45, 2.75) is 54.4 Å². The van der Waals surface area contributed by atoms with Gasteiger partial charge in [0.15, 0.2) is 29.0 Å². The van der Waals surface area contributed by atoms with Crippen LogP contribution in [0.25, 0.3) is 11.2 Å². The van der Waals surface area contributed by atoms with Crippen molar-refractivity contribution in [3.8, 4) is 11.5 Å². The summed E-state index contributed by atoms with van der Waals surface area (Å²) in [5.74, 6) is 0.630. The number of aliphatic hydroxyl groups excluding tert-OH is 3. The number of nitrogens with zero attached hydrogens (tertiary/aromatic N) is 6. The summed E-state index contributed by atoms with van der Waals surface area (Å²) in [7, 11) is -3.89. The number of benzene rings is 3. The summed E-state index contributed by atoms with van der Waals surface area (Å²) in [6.45, 7) is 0.634. The number of aliphatic hydroxyl groups is 3. The Hall–Kier alpha value is -6.36. The Bertz CT molecular complexity index is 2510. The zero-order valence-electron chi connectivity index (χ0n) is 31.0. The largest absolute Gasteiger partial charge is 0.508 e. The van der Waals surface area contributed by atoms with Crippen LogP contribution in [-0.2, 0) is 21.4 Å². The van der Waals surface area contributed by atoms with Gasteiger partial charge in [-0.15, -0.1) is 0 Å². The topological polar surface area (TPSA) is 297 Å². The van der Waals surface area contributed by atoms with Gasteiger partial charge in [-0.25, -0.2) is 23.3 Å². The zero-order chi connectivity index (χ0) is 41.4. The average molecular weight is 829 g/mol. The molecule has 2 fully saturated rings. The smallest absolute Gasteiger partial charge is 0.319 e. The standard InChI is InChI=1S/C38H40N10O10S/c39-59(55,56)27-11-5-22(6-12-27)42-38(54)43-23-13-14-47(17-23)37-44-34(40-16-28(20-1-7-25(50)8-2-20)21-3-9-26(51)10-4-21)30-35(45-37)48(19-41-30)36-32(53)31(52)33(57-36)29-15-24(18-49)46-58-29/h1-12,15,19,23,28,31-33,36,49-53H,13-14,16-18H2,(H2,39,55,56)(H,40,44,45)(H2,42,43,54)/t23?,31-,32+,33+,36+/m0/s1. The monoisotopic (exact) mass is 828 g/mol. The molecular formula is C38H40N10O10S. The Morgan fingerprint density at radius 1 is 0.949 bits per heavy atom. The van der Waals surface area contributed by atoms with E-state index in [1.165, 1.54) is 41.2 Å². The molecule has 0 spiro atoms. The molecule has 5 heterocycles. The van der Waals surface area contributed by atoms with Gasteiger partial charge in [0.25, 0.3) is 0 Å². The Morgan fingerprint density at radius 2 is 1.63 bits per heavy atom. The van der Waals surface area contributed by atoms with Crippen LogP contribution in [0.1, 0.15) is 47.3 Å². The van der Waals surface area contributed by atoms with E-state index in [0.29, 0.717) is 36.5 Å². The van der Waals surface area contributed by atoms with Crippen LogP contribution in [0.15, 0.2) is 94.6 Å². The summed E-state index contributed by atoms with van der Waals surface area (Å²) in [6, 6.07) is 19.6. The number of primary sulfonamides is 1. The molecular weight excluding hydrogens is 789 g/mol. The van der Waals surface area contributed by atoms with Gasteiger partial charge in [-0.05, 0) is 66.1 Å². The minimum absolute atomic E-state index is 0.0882. The maximum absolute atomic E-state index is 13.0. The van der Waals surface area contributed by atoms with Crippen molar-refractivity contribution in [2.75, 3.05) is 35.2 Å². The number of fused-ring (bicyclic) bond motifs is 1. The molecule has 0 bridgehead atoms. The highest BCUT2D eigenvalue weighted by atomic mass is 32.2. The highest BCUT2D eigenvalue weighted by Gasteiger charge is 2.47. The number of aromatic nitrogens is 5. The molecule has 10 N–H and O–H groups in total. The molecule has 2 amide bonds. The number of urea groups is 1. The van der Waals surface area contributed by atoms with E-state index in [0.717, 1.165) is 11.1 Å². The number of rotatable bonds is 12. The van der Waals surface area contributed by atoms with Gasteiger partial charge in [-0.2, -0.15) is 9.97 Å². The van der Waals surface area contributed by atoms with E-state index in [9.17, 15) is 38.7 Å². The number of carbonyl (C=O) groups excluding carboxylic acids is 1. The first-order valence-corrected chi connectivity index (χ1v) is 20.0. The Kier molecular flexibility index (Phi) is 10.8. The number of nitrogens with one attached hydrogen (secondary N) is 3. The van der Waals surface area contributed by atoms with Crippen LogP contribution in [0.5, 0.6) is 11.5 Å². The lowest BCUT2D eigenvalue weighted by Gasteiger charge is -2.22. The first-order valence-electron chi connectivity index (χ1n) is 18.4. The minimum Gasteiger partial charge on any atom is -0.508 e. The van der Waals surface area contributed by atoms with E-state index < -0.39 is 47.2 Å². The molecule has 6 aromatic rings. The van der Waals surface area contributed by atoms with Crippen LogP contribution in [0.3, 0.4) is 0 Å². The summed E-state index contributed by atoms with van der Waals surface area (Å²) in [4.78, 5) is 29.1. The van der Waals surface area contributed by atoms with Gasteiger partial charge in [0.1, 0.15) is 35.5 Å². The lowest BCUT2D eigenvalue weighted by atomic mass is 9.91. The van der Waals surface area contributed by atoms with Crippen molar-refractivity contribution < 1.29 is 48.0 Å². The molecule has 2 aliphatic heterocycles. The van der Waals surface area contributed by atoms with Crippen LogP contribution >= 0.6 is 0 Å². The number of phenols is 2. The fourth-order valence-corrected chi connectivity index (χ4v) is 7.71. The number of nitrogens with two attached hydrogens (primary N) is 1. The van der Waals surface area contributed by atoms with Crippen molar-refractivity contribution in [3.05, 3.63) is 108 Å². The molecule has 0 saturated carbocycles. The normalized spacial score (nSPS) is 20.7. The SMILES string of the molecule is NS(=O)(=O)c1ccc(NC(=O)NC2CCN(c3nc(NCC(c4ccc(O)cc4)c4ccc(O)cc4)c4ncn([C@@H]5O[C@H](c6cc(CO)no6)[C@@H](O)[C@H]5O)c4n3)C2)cc1. The van der Waals surface area contributed by atoms with Crippen molar-refractivity contribution in [1.82, 2.24) is 30.0 Å². The van der Waals surface area contributed by atoms with E-state index in [-0.39, 0.29) is 57.9 Å². The number of phenolic OH excluding ortho intramolecular Hbond substituents is 2. The molecule has 3 aromatic carbocycles. The van der Waals surface area contributed by atoms with Gasteiger partial charge in [-0.3, -0.25) is 4.57 Å². The second-order valence-corrected chi connectivity index (χ2v) is 15.8. The fourth-order valence-electron chi connectivity index (χ4n) is 7.20. The molecule has 5 atom stereocenters. The Balaban J connectivity index is 1.08. The first-order chi connectivity index (χ1) is 28.3. The number of ether oxygens (including phenoxy) is 1. The van der Waals surface area contributed by atoms with E-state index in [1.807, 2.05) is 4.90 Å². The number of hydrogen-bond donors (Lipinski definition) is 9. The lowest BCUT2D eigenvalue weighted by Crippen LogP contribution is -2.40. The lowest BCUT2D eigenvalue weighted by molar-refractivity contribution is -0.0434. The number of aromatic hydroxyl groups is 2. The number of anilines is 3. The maximum Gasteiger partial charge on any atom is 0.319 e. The number of amides is 2. The molecule has 59 heavy (non-hydrogen) atoms. The molecule has 3 aromatic heterocycles. The molecule has 8 rings (SSSR count). The van der Waals surface area contributed by atoms with Crippen LogP contribution in [0.2, 0.25) is 0 Å². The molecule has 2 saturated heterocycles. The number of hydrogen-bond acceptors (Lipinski definition) is 16. The quantitative estimate of drug-likeness (QED) is 0.0852. The zero-order valence-corrected chi connectivity index (χ0v) is 31.8. The van der Waals surface area contributed by atoms with Gasteiger partial charge in [0, 0.05) is 43.3 Å². The summed E-state index contributed by atoms with van der Waals surface area (Å²) in [6.07, 6.45) is -3.26. The second-order valence-electron chi connectivity index (χ2n) is 14.2. The molecule has 21 heteroatoms. The van der Waals surface area contributed by atoms with E-state index in [4.69, 9.17) is 24.4 Å². The summed E-state index contributed by atoms with van der Waals surface area (Å²) in [5.41, 5.74) is 2.89. The summed E-state index contributed by atoms with van der Waals surface area (Å²) < 4.78 is 36.1. The van der Waals surface area contributed by atoms with Gasteiger partial charge in [0.2, 0.25) is 16.0 Å². The van der Waals surface area contributed by atoms with Crippen molar-refractivity contribution in [3.63, 3.8) is 0 Å². The van der Waals surface area contributed by atoms with Gasteiger partial charge >= 0.3 is 6.03 Å². The Morgan fingerprint density at radius 3 is 2.25 bits per heavy atom. The fraction of sp³-hybridized carbons (Fsp3) is 0.289. The van der Waals surface area contributed by atoms with Crippen LogP contribution < -0.4 is 26.0 Å². The predicted molar refractivity (Wildman–Crippen MR) is 210 cm³/mol. The molecule has 308 valence electrons. The number of imidazole rings is 1. The number of sulfonamides is 1. The van der Waals surface area contributed by atoms with Crippen molar-refractivity contribution >= 4 is 44.7 Å². The highest BCUT2D eigenvalue weighted by Crippen LogP contribution is 2.41. The van der Waals surface area contributed by atoms with Gasteiger partial charge < -0.3 is 55.6 Å². The maximum atomic E-state index is 13.0. The summed E-state index contributed by atoms with van der Waals surface area (Å²) in [5, 5.41) is 69.8. The van der Waals surface area contributed by atoms with E-state index >= 15 is 0 Å². The molecule has 0 aliphatic carbocycles. The first kappa shape index (κ1) is 39.5. The van der Waals surface area contributed by atoms with Crippen LogP contribution in [0.4, 0.5) is 22.2 Å². The molecule has 20 nitrogen and oxygen atoms in total. The molecule has 0 radical (unpaired) electrons. The van der Waals surface area contributed by atoms with Gasteiger partial charge in [-0.1, -0.05) is 29.4 Å². The number of carbonyl (C=O) groups is 1. The highest BCUT2D eigenvalue weighted by molar-refractivity contribution is 7.89. The third-order valence-electron chi connectivity index (χ3n) is 10.3. The molecule has 1 unspecified atom stereocenters. The average Bonchev–Trinajstić information content (AvgIpc) is 4.03. The second kappa shape index (κ2) is 16.1. The third kappa shape index (κ3) is 8.32. The summed E-state index contributed by atoms with van der Waals surface area (Å²) >= 11 is 0. The van der Waals surface area contributed by atoms with Crippen LogP contribution in [0, 0.1) is 0 Å². The van der Waals surface area contributed by atoms with Crippen LogP contribution in [-0.4, -0.2) is 103 Å². The van der Waals surface area contributed by atoms with Crippen molar-refractivity contribution in [1.29, 1.82) is 0 Å². The van der Waals surface area contributed by atoms with E-state index in [1.54, 1.807) is 48.5 Å². The third-order valence-corrected chi connectivity index (χ3v) is 11.2. The minimum atomic E-state index is -3.89. The predicted octanol–water partition coefficient (Wildman–Crippen LogP) is 2.00. The van der Waals surface area contributed by atoms with E-state index in [2.05, 4.69) is 26.1 Å². The Labute approximate surface area is 336 Å². The van der Waals surface area contributed by atoms with Gasteiger partial charge in [0.05, 0.1) is 17.8 Å². The van der Waals surface area contributed by atoms with Crippen molar-refractivity contribution in [2.24, 2.45) is 5.14 Å².